The van der Waals surface area contributed by atoms with Gasteiger partial charge in [-0.05, 0) is 0 Å². The molecule has 1 rings (SSSR count). The first-order valence-electron chi connectivity index (χ1n) is 2.49. The highest BCUT2D eigenvalue weighted by Gasteiger charge is 2.53. The van der Waals surface area contributed by atoms with E-state index in [0.29, 0.717) is 0 Å². The molecule has 2 atom stereocenters. The molecule has 0 spiro atoms. The van der Waals surface area contributed by atoms with Gasteiger partial charge in [0.1, 0.15) is 0 Å². The van der Waals surface area contributed by atoms with Crippen molar-refractivity contribution in [1.82, 2.24) is 0 Å². The first kappa shape index (κ1) is 8.45. The summed E-state index contributed by atoms with van der Waals surface area (Å²) in [6.07, 6.45) is -8.41. The van der Waals surface area contributed by atoms with E-state index in [-0.39, 0.29) is 0 Å². The minimum atomic E-state index is -4.67. The molecule has 11 heavy (non-hydrogen) atoms. The molecule has 0 aromatic rings. The maximum absolute atomic E-state index is 11.7. The third kappa shape index (κ3) is 1.68. The normalized spacial score (nSPS) is 31.5. The molecule has 1 fully saturated rings. The van der Waals surface area contributed by atoms with E-state index >= 15 is 0 Å². The van der Waals surface area contributed by atoms with E-state index in [9.17, 15) is 18.0 Å². The Kier molecular flexibility index (Phi) is 1.87. The van der Waals surface area contributed by atoms with Crippen molar-refractivity contribution in [2.45, 2.75) is 17.8 Å². The van der Waals surface area contributed by atoms with Crippen LogP contribution >= 0.6 is 11.6 Å². The monoisotopic (exact) mass is 190 g/mol. The molecule has 64 valence electrons. The topological polar surface area (TPSA) is 35.5 Å². The minimum absolute atomic E-state index is 1.40. The molecule has 1 saturated heterocycles. The lowest BCUT2D eigenvalue weighted by Gasteiger charge is -2.12. The Balaban J connectivity index is 2.67. The molecular formula is C4H2ClF3O3. The van der Waals surface area contributed by atoms with Gasteiger partial charge in [0.15, 0.2) is 0 Å². The quantitative estimate of drug-likeness (QED) is 0.430. The van der Waals surface area contributed by atoms with E-state index in [4.69, 9.17) is 11.6 Å². The molecule has 0 aromatic carbocycles. The Bertz CT molecular complexity index is 180. The van der Waals surface area contributed by atoms with Crippen LogP contribution in [0.4, 0.5) is 18.0 Å². The number of hydrogen-bond donors (Lipinski definition) is 0. The summed E-state index contributed by atoms with van der Waals surface area (Å²) >= 11 is 4.97. The molecule has 7 heteroatoms. The van der Waals surface area contributed by atoms with Gasteiger partial charge in [-0.25, -0.2) is 4.79 Å². The molecule has 2 unspecified atom stereocenters. The van der Waals surface area contributed by atoms with Crippen LogP contribution in [0.2, 0.25) is 0 Å². The van der Waals surface area contributed by atoms with Gasteiger partial charge in [-0.2, -0.15) is 13.2 Å². The predicted octanol–water partition coefficient (Wildman–Crippen LogP) is 1.65. The van der Waals surface area contributed by atoms with Crippen molar-refractivity contribution < 1.29 is 27.4 Å². The molecule has 0 bridgehead atoms. The minimum Gasteiger partial charge on any atom is -0.416 e. The molecule has 0 amide bonds. The highest BCUT2D eigenvalue weighted by atomic mass is 35.5. The molecule has 0 radical (unpaired) electrons. The van der Waals surface area contributed by atoms with E-state index < -0.39 is 24.0 Å². The van der Waals surface area contributed by atoms with E-state index in [1.165, 1.54) is 0 Å². The zero-order valence-electron chi connectivity index (χ0n) is 4.89. The van der Waals surface area contributed by atoms with Crippen molar-refractivity contribution in [3.05, 3.63) is 0 Å². The Morgan fingerprint density at radius 3 is 2.09 bits per heavy atom. The maximum atomic E-state index is 11.7. The predicted molar refractivity (Wildman–Crippen MR) is 27.1 cm³/mol. The molecule has 1 aliphatic heterocycles. The Morgan fingerprint density at radius 2 is 1.91 bits per heavy atom. The average Bonchev–Trinajstić information content (AvgIpc) is 2.08. The fourth-order valence-corrected chi connectivity index (χ4v) is 0.821. The number of alkyl halides is 4. The summed E-state index contributed by atoms with van der Waals surface area (Å²) in [6, 6.07) is 0. The van der Waals surface area contributed by atoms with Gasteiger partial charge in [0.05, 0.1) is 0 Å². The van der Waals surface area contributed by atoms with E-state index in [0.717, 1.165) is 0 Å². The van der Waals surface area contributed by atoms with Crippen LogP contribution in [0, 0.1) is 0 Å². The zero-order chi connectivity index (χ0) is 8.65. The fraction of sp³-hybridized carbons (Fsp3) is 0.750. The van der Waals surface area contributed by atoms with Crippen LogP contribution in [0.3, 0.4) is 0 Å². The van der Waals surface area contributed by atoms with Gasteiger partial charge in [-0.1, -0.05) is 11.6 Å². The first-order chi connectivity index (χ1) is 4.91. The third-order valence-electron chi connectivity index (χ3n) is 0.993. The smallest absolute Gasteiger partial charge is 0.416 e. The van der Waals surface area contributed by atoms with Crippen molar-refractivity contribution >= 4 is 17.8 Å². The van der Waals surface area contributed by atoms with Crippen LogP contribution in [-0.2, 0) is 9.47 Å². The second-order valence-electron chi connectivity index (χ2n) is 1.80. The highest BCUT2D eigenvalue weighted by Crippen LogP contribution is 2.32. The van der Waals surface area contributed by atoms with Crippen LogP contribution in [0.5, 0.6) is 0 Å². The van der Waals surface area contributed by atoms with Gasteiger partial charge in [0, 0.05) is 0 Å². The van der Waals surface area contributed by atoms with Crippen molar-refractivity contribution in [1.29, 1.82) is 0 Å². The Labute approximate surface area is 64.0 Å². The SMILES string of the molecule is O=C1OC(Cl)C(C(F)(F)F)O1. The lowest BCUT2D eigenvalue weighted by Crippen LogP contribution is -2.34. The summed E-state index contributed by atoms with van der Waals surface area (Å²) < 4.78 is 42.8. The lowest BCUT2D eigenvalue weighted by molar-refractivity contribution is -0.196. The van der Waals surface area contributed by atoms with Crippen LogP contribution in [0.25, 0.3) is 0 Å². The first-order valence-corrected chi connectivity index (χ1v) is 2.93. The zero-order valence-corrected chi connectivity index (χ0v) is 5.65. The standard InChI is InChI=1S/C4H2ClF3O3/c5-2-1(4(6,7)8)10-3(9)11-2/h1-2H. The van der Waals surface area contributed by atoms with Crippen molar-refractivity contribution in [3.63, 3.8) is 0 Å². The van der Waals surface area contributed by atoms with E-state index in [1.54, 1.807) is 0 Å². The van der Waals surface area contributed by atoms with E-state index in [2.05, 4.69) is 9.47 Å². The molecule has 0 saturated carbocycles. The number of ether oxygens (including phenoxy) is 2. The number of hydrogen-bond acceptors (Lipinski definition) is 3. The van der Waals surface area contributed by atoms with Gasteiger partial charge < -0.3 is 9.47 Å². The van der Waals surface area contributed by atoms with E-state index in [1.807, 2.05) is 0 Å². The summed E-state index contributed by atoms with van der Waals surface area (Å²) in [5.74, 6) is 0. The second-order valence-corrected chi connectivity index (χ2v) is 2.23. The number of carbonyl (C=O) groups is 1. The highest BCUT2D eigenvalue weighted by molar-refractivity contribution is 6.21. The summed E-state index contributed by atoms with van der Waals surface area (Å²) in [4.78, 5) is 10.1. The van der Waals surface area contributed by atoms with Crippen LogP contribution < -0.4 is 0 Å². The molecule has 0 aromatic heterocycles. The van der Waals surface area contributed by atoms with Crippen molar-refractivity contribution in [3.8, 4) is 0 Å². The van der Waals surface area contributed by atoms with Gasteiger partial charge in [0.25, 0.3) is 6.10 Å². The summed E-state index contributed by atoms with van der Waals surface area (Å²) in [7, 11) is 0. The summed E-state index contributed by atoms with van der Waals surface area (Å²) in [5.41, 5.74) is -1.78. The fourth-order valence-electron chi connectivity index (χ4n) is 0.554. The van der Waals surface area contributed by atoms with Gasteiger partial charge in [-0.15, -0.1) is 0 Å². The maximum Gasteiger partial charge on any atom is 0.510 e. The van der Waals surface area contributed by atoms with Gasteiger partial charge in [0.2, 0.25) is 5.56 Å². The molecular weight excluding hydrogens is 188 g/mol. The number of rotatable bonds is 0. The summed E-state index contributed by atoms with van der Waals surface area (Å²) in [6.45, 7) is 0. The second kappa shape index (κ2) is 2.44. The number of halogens is 4. The number of cyclic esters (lactones) is 2. The van der Waals surface area contributed by atoms with Crippen LogP contribution in [0.15, 0.2) is 0 Å². The van der Waals surface area contributed by atoms with Crippen LogP contribution in [-0.4, -0.2) is 24.0 Å². The van der Waals surface area contributed by atoms with Crippen molar-refractivity contribution in [2.24, 2.45) is 0 Å². The van der Waals surface area contributed by atoms with Crippen molar-refractivity contribution in [2.75, 3.05) is 0 Å². The van der Waals surface area contributed by atoms with Gasteiger partial charge >= 0.3 is 12.3 Å². The molecule has 1 aliphatic rings. The largest absolute Gasteiger partial charge is 0.510 e. The van der Waals surface area contributed by atoms with Gasteiger partial charge in [-0.3, -0.25) is 0 Å². The molecule has 0 aliphatic carbocycles. The Hall–Kier alpha value is -0.650. The number of carbonyl (C=O) groups excluding carboxylic acids is 1. The molecule has 3 nitrogen and oxygen atoms in total. The molecule has 0 N–H and O–H groups in total. The Morgan fingerprint density at radius 1 is 1.36 bits per heavy atom. The third-order valence-corrected chi connectivity index (χ3v) is 1.31. The lowest BCUT2D eigenvalue weighted by atomic mass is 10.4. The average molecular weight is 191 g/mol. The molecule has 1 heterocycles. The summed E-state index contributed by atoms with van der Waals surface area (Å²) in [5, 5.41) is 0. The van der Waals surface area contributed by atoms with Crippen LogP contribution in [0.1, 0.15) is 0 Å².